The highest BCUT2D eigenvalue weighted by atomic mass is 16.5. The van der Waals surface area contributed by atoms with Crippen molar-refractivity contribution in [2.24, 2.45) is 5.10 Å². The summed E-state index contributed by atoms with van der Waals surface area (Å²) in [5.41, 5.74) is 5.88. The van der Waals surface area contributed by atoms with Crippen LogP contribution in [0.5, 0.6) is 5.75 Å². The molecule has 3 rings (SSSR count). The van der Waals surface area contributed by atoms with Gasteiger partial charge >= 0.3 is 0 Å². The van der Waals surface area contributed by atoms with Crippen LogP contribution in [0, 0.1) is 29.6 Å². The van der Waals surface area contributed by atoms with Gasteiger partial charge in [0.2, 0.25) is 5.71 Å². The number of nitrogens with zero attached hydrogens (tertiary/aromatic N) is 4. The molecule has 122 valence electrons. The van der Waals surface area contributed by atoms with Crippen molar-refractivity contribution < 1.29 is 4.74 Å². The molecule has 0 spiro atoms. The molecule has 0 radical (unpaired) electrons. The molecule has 1 aromatic heterocycles. The second kappa shape index (κ2) is 7.16. The van der Waals surface area contributed by atoms with Crippen LogP contribution < -0.4 is 10.2 Å². The summed E-state index contributed by atoms with van der Waals surface area (Å²) in [4.78, 5) is 7.69. The van der Waals surface area contributed by atoms with Crippen LogP contribution in [0.4, 0.5) is 5.69 Å². The molecule has 25 heavy (non-hydrogen) atoms. The number of aromatic nitrogens is 2. The number of hydrazone groups is 1. The number of nitriles is 2. The third-order valence-corrected chi connectivity index (χ3v) is 3.49. The van der Waals surface area contributed by atoms with Gasteiger partial charge in [0.25, 0.3) is 0 Å². The van der Waals surface area contributed by atoms with E-state index in [-0.39, 0.29) is 5.71 Å². The number of H-pyrrole nitrogens is 1. The van der Waals surface area contributed by atoms with E-state index in [1.807, 2.05) is 37.3 Å². The molecule has 0 fully saturated rings. The molecule has 0 unspecified atom stereocenters. The van der Waals surface area contributed by atoms with Crippen molar-refractivity contribution in [3.8, 4) is 17.9 Å². The van der Waals surface area contributed by atoms with Crippen molar-refractivity contribution in [2.75, 3.05) is 5.43 Å². The number of nitrogens with one attached hydrogen (secondary N) is 2. The fraction of sp³-hybridized carbons (Fsp3) is 0.111. The quantitative estimate of drug-likeness (QED) is 0.551. The number of rotatable bonds is 5. The summed E-state index contributed by atoms with van der Waals surface area (Å²) in [7, 11) is 0. The Hall–Kier alpha value is -3.84. The SMILES string of the molecule is Cc1cc(NN=C(C#N)C#N)ccc1OCc1nc2ccccc2[nH]1. The number of imidazole rings is 1. The molecule has 3 aromatic rings. The number of anilines is 1. The highest BCUT2D eigenvalue weighted by Gasteiger charge is 2.05. The lowest BCUT2D eigenvalue weighted by Crippen LogP contribution is -2.00. The number of aromatic amines is 1. The van der Waals surface area contributed by atoms with Crippen LogP contribution in [-0.4, -0.2) is 15.7 Å². The summed E-state index contributed by atoms with van der Waals surface area (Å²) in [6, 6.07) is 16.6. The van der Waals surface area contributed by atoms with E-state index in [0.717, 1.165) is 28.2 Å². The molecule has 2 aromatic carbocycles. The highest BCUT2D eigenvalue weighted by Crippen LogP contribution is 2.23. The second-order valence-corrected chi connectivity index (χ2v) is 5.27. The van der Waals surface area contributed by atoms with E-state index in [4.69, 9.17) is 15.3 Å². The molecular formula is C18H14N6O. The molecule has 0 aliphatic rings. The summed E-state index contributed by atoms with van der Waals surface area (Å²) < 4.78 is 5.81. The van der Waals surface area contributed by atoms with Gasteiger partial charge in [-0.15, -0.1) is 0 Å². The molecule has 7 heteroatoms. The van der Waals surface area contributed by atoms with Crippen molar-refractivity contribution >= 4 is 22.4 Å². The average molecular weight is 330 g/mol. The minimum Gasteiger partial charge on any atom is -0.485 e. The molecule has 0 bridgehead atoms. The Balaban J connectivity index is 1.68. The molecule has 1 heterocycles. The Morgan fingerprint density at radius 3 is 2.76 bits per heavy atom. The fourth-order valence-corrected chi connectivity index (χ4v) is 2.30. The van der Waals surface area contributed by atoms with Crippen molar-refractivity contribution in [1.82, 2.24) is 9.97 Å². The first-order valence-corrected chi connectivity index (χ1v) is 7.50. The van der Waals surface area contributed by atoms with Crippen LogP contribution in [0.1, 0.15) is 11.4 Å². The van der Waals surface area contributed by atoms with Crippen molar-refractivity contribution in [2.45, 2.75) is 13.5 Å². The molecule has 0 amide bonds. The van der Waals surface area contributed by atoms with Gasteiger partial charge in [-0.25, -0.2) is 4.98 Å². The molecule has 0 aliphatic heterocycles. The monoisotopic (exact) mass is 330 g/mol. The van der Waals surface area contributed by atoms with E-state index in [2.05, 4.69) is 20.5 Å². The van der Waals surface area contributed by atoms with Gasteiger partial charge in [0.1, 0.15) is 30.3 Å². The van der Waals surface area contributed by atoms with E-state index < -0.39 is 0 Å². The normalized spacial score (nSPS) is 9.88. The van der Waals surface area contributed by atoms with Crippen molar-refractivity contribution in [1.29, 1.82) is 10.5 Å². The van der Waals surface area contributed by atoms with Crippen molar-refractivity contribution in [3.63, 3.8) is 0 Å². The van der Waals surface area contributed by atoms with E-state index in [9.17, 15) is 0 Å². The van der Waals surface area contributed by atoms with Gasteiger partial charge in [0.15, 0.2) is 0 Å². The number of ether oxygens (including phenoxy) is 1. The van der Waals surface area contributed by atoms with Gasteiger partial charge in [0.05, 0.1) is 16.7 Å². The molecule has 0 saturated carbocycles. The van der Waals surface area contributed by atoms with E-state index in [1.165, 1.54) is 0 Å². The van der Waals surface area contributed by atoms with Gasteiger partial charge < -0.3 is 9.72 Å². The Bertz CT molecular complexity index is 973. The molecule has 7 nitrogen and oxygen atoms in total. The van der Waals surface area contributed by atoms with Crippen LogP contribution in [0.15, 0.2) is 47.6 Å². The van der Waals surface area contributed by atoms with Gasteiger partial charge in [-0.2, -0.15) is 15.6 Å². The zero-order chi connectivity index (χ0) is 17.6. The zero-order valence-corrected chi connectivity index (χ0v) is 13.4. The average Bonchev–Trinajstić information content (AvgIpc) is 3.04. The maximum Gasteiger partial charge on any atom is 0.237 e. The second-order valence-electron chi connectivity index (χ2n) is 5.27. The summed E-state index contributed by atoms with van der Waals surface area (Å²) in [5.74, 6) is 1.47. The summed E-state index contributed by atoms with van der Waals surface area (Å²) in [5, 5.41) is 21.0. The Morgan fingerprint density at radius 2 is 2.04 bits per heavy atom. The number of aryl methyl sites for hydroxylation is 1. The topological polar surface area (TPSA) is 110 Å². The first-order chi connectivity index (χ1) is 12.2. The minimum atomic E-state index is -0.233. The van der Waals surface area contributed by atoms with Gasteiger partial charge in [-0.3, -0.25) is 5.43 Å². The van der Waals surface area contributed by atoms with Crippen LogP contribution >= 0.6 is 0 Å². The molecule has 0 atom stereocenters. The first kappa shape index (κ1) is 16.0. The third-order valence-electron chi connectivity index (χ3n) is 3.49. The van der Waals surface area contributed by atoms with Crippen molar-refractivity contribution in [3.05, 3.63) is 53.9 Å². The fourth-order valence-electron chi connectivity index (χ4n) is 2.30. The van der Waals surface area contributed by atoms with Gasteiger partial charge in [-0.1, -0.05) is 12.1 Å². The standard InChI is InChI=1S/C18H14N6O/c1-12-8-13(23-24-14(9-19)10-20)6-7-17(12)25-11-18-21-15-4-2-3-5-16(15)22-18/h2-8,23H,11H2,1H3,(H,21,22). The lowest BCUT2D eigenvalue weighted by Gasteiger charge is -2.09. The third kappa shape index (κ3) is 3.74. The predicted molar refractivity (Wildman–Crippen MR) is 93.9 cm³/mol. The lowest BCUT2D eigenvalue weighted by atomic mass is 10.2. The van der Waals surface area contributed by atoms with Gasteiger partial charge in [-0.05, 0) is 42.8 Å². The van der Waals surface area contributed by atoms with Crippen LogP contribution in [-0.2, 0) is 6.61 Å². The van der Waals surface area contributed by atoms with Crippen LogP contribution in [0.3, 0.4) is 0 Å². The maximum absolute atomic E-state index is 8.66. The maximum atomic E-state index is 8.66. The Kier molecular flexibility index (Phi) is 4.59. The van der Waals surface area contributed by atoms with E-state index in [0.29, 0.717) is 12.3 Å². The molecule has 0 aliphatic carbocycles. The molecule has 0 saturated heterocycles. The first-order valence-electron chi connectivity index (χ1n) is 7.50. The zero-order valence-electron chi connectivity index (χ0n) is 13.4. The number of benzene rings is 2. The Morgan fingerprint density at radius 1 is 1.24 bits per heavy atom. The lowest BCUT2D eigenvalue weighted by molar-refractivity contribution is 0.295. The number of fused-ring (bicyclic) bond motifs is 1. The number of para-hydroxylation sites is 2. The minimum absolute atomic E-state index is 0.233. The van der Waals surface area contributed by atoms with Crippen LogP contribution in [0.25, 0.3) is 11.0 Å². The summed E-state index contributed by atoms with van der Waals surface area (Å²) in [6.45, 7) is 2.23. The van der Waals surface area contributed by atoms with E-state index >= 15 is 0 Å². The Labute approximate surface area is 144 Å². The number of hydrogen-bond acceptors (Lipinski definition) is 6. The summed E-state index contributed by atoms with van der Waals surface area (Å²) in [6.07, 6.45) is 0. The van der Waals surface area contributed by atoms with Gasteiger partial charge in [0, 0.05) is 0 Å². The largest absolute Gasteiger partial charge is 0.485 e. The summed E-state index contributed by atoms with van der Waals surface area (Å²) >= 11 is 0. The van der Waals surface area contributed by atoms with E-state index in [1.54, 1.807) is 24.3 Å². The van der Waals surface area contributed by atoms with Crippen LogP contribution in [0.2, 0.25) is 0 Å². The smallest absolute Gasteiger partial charge is 0.237 e. The molecular weight excluding hydrogens is 316 g/mol. The molecule has 2 N–H and O–H groups in total. The highest BCUT2D eigenvalue weighted by molar-refractivity contribution is 6.10. The predicted octanol–water partition coefficient (Wildman–Crippen LogP) is 3.27. The number of hydrogen-bond donors (Lipinski definition) is 2.